The van der Waals surface area contributed by atoms with E-state index < -0.39 is 0 Å². The number of rotatable bonds is 6. The van der Waals surface area contributed by atoms with Crippen LogP contribution in [-0.4, -0.2) is 47.3 Å². The highest BCUT2D eigenvalue weighted by Crippen LogP contribution is 2.36. The molecule has 2 N–H and O–H groups in total. The van der Waals surface area contributed by atoms with Crippen LogP contribution in [0.2, 0.25) is 0 Å². The van der Waals surface area contributed by atoms with Gasteiger partial charge in [0.2, 0.25) is 0 Å². The van der Waals surface area contributed by atoms with Crippen LogP contribution >= 0.6 is 0 Å². The molecule has 0 aromatic heterocycles. The van der Waals surface area contributed by atoms with Crippen molar-refractivity contribution in [1.29, 1.82) is 0 Å². The topological polar surface area (TPSA) is 35.5 Å². The van der Waals surface area contributed by atoms with Crippen molar-refractivity contribution >= 4 is 0 Å². The lowest BCUT2D eigenvalue weighted by molar-refractivity contribution is 0.0449. The fourth-order valence-corrected chi connectivity index (χ4v) is 4.35. The van der Waals surface area contributed by atoms with Gasteiger partial charge in [0.15, 0.2) is 0 Å². The van der Waals surface area contributed by atoms with Crippen molar-refractivity contribution in [2.75, 3.05) is 19.7 Å². The van der Waals surface area contributed by atoms with Crippen LogP contribution in [0.3, 0.4) is 0 Å². The number of nitrogens with one attached hydrogen (secondary N) is 1. The van der Waals surface area contributed by atoms with Gasteiger partial charge in [-0.25, -0.2) is 0 Å². The second-order valence-electron chi connectivity index (χ2n) is 7.31. The molecule has 1 saturated heterocycles. The molecule has 0 spiro atoms. The van der Waals surface area contributed by atoms with Crippen molar-refractivity contribution in [3.8, 4) is 0 Å². The van der Waals surface area contributed by atoms with Crippen LogP contribution in [0.25, 0.3) is 0 Å². The van der Waals surface area contributed by atoms with Crippen molar-refractivity contribution in [2.24, 2.45) is 5.92 Å². The number of aliphatic hydroxyl groups excluding tert-OH is 1. The number of nitrogens with zero attached hydrogens (tertiary/aromatic N) is 1. The summed E-state index contributed by atoms with van der Waals surface area (Å²) in [5, 5.41) is 13.6. The Morgan fingerprint density at radius 2 is 2.10 bits per heavy atom. The minimum atomic E-state index is -0.0109. The van der Waals surface area contributed by atoms with Gasteiger partial charge >= 0.3 is 0 Å². The minimum absolute atomic E-state index is 0.0109. The van der Waals surface area contributed by atoms with Crippen LogP contribution in [-0.2, 0) is 0 Å². The zero-order valence-electron chi connectivity index (χ0n) is 13.7. The maximum Gasteiger partial charge on any atom is 0.0613 e. The lowest BCUT2D eigenvalue weighted by Gasteiger charge is -2.45. The third-order valence-corrected chi connectivity index (χ3v) is 5.45. The van der Waals surface area contributed by atoms with Crippen molar-refractivity contribution in [3.05, 3.63) is 0 Å². The molecule has 1 heterocycles. The first-order valence-electron chi connectivity index (χ1n) is 8.73. The third kappa shape index (κ3) is 3.55. The summed E-state index contributed by atoms with van der Waals surface area (Å²) < 4.78 is 0. The zero-order chi connectivity index (χ0) is 14.6. The first kappa shape index (κ1) is 16.3. The van der Waals surface area contributed by atoms with Gasteiger partial charge in [0, 0.05) is 17.6 Å². The molecule has 1 aliphatic heterocycles. The summed E-state index contributed by atoms with van der Waals surface area (Å²) in [6.45, 7) is 9.52. The largest absolute Gasteiger partial charge is 0.394 e. The molecule has 3 unspecified atom stereocenters. The van der Waals surface area contributed by atoms with E-state index in [1.165, 1.54) is 32.2 Å². The lowest BCUT2D eigenvalue weighted by atomic mass is 9.78. The van der Waals surface area contributed by atoms with Crippen molar-refractivity contribution in [1.82, 2.24) is 10.2 Å². The number of hydrogen-bond acceptors (Lipinski definition) is 3. The molecule has 0 aromatic rings. The summed E-state index contributed by atoms with van der Waals surface area (Å²) >= 11 is 0. The molecule has 1 saturated carbocycles. The second-order valence-corrected chi connectivity index (χ2v) is 7.31. The van der Waals surface area contributed by atoms with Gasteiger partial charge in [-0.15, -0.1) is 0 Å². The molecule has 20 heavy (non-hydrogen) atoms. The highest BCUT2D eigenvalue weighted by atomic mass is 16.3. The van der Waals surface area contributed by atoms with E-state index in [1.807, 2.05) is 0 Å². The molecular weight excluding hydrogens is 248 g/mol. The summed E-state index contributed by atoms with van der Waals surface area (Å²) in [5.41, 5.74) is -0.0109. The molecular formula is C17H34N2O. The van der Waals surface area contributed by atoms with Gasteiger partial charge in [0.25, 0.3) is 0 Å². The summed E-state index contributed by atoms with van der Waals surface area (Å²) in [6.07, 6.45) is 8.70. The van der Waals surface area contributed by atoms with E-state index in [0.717, 1.165) is 37.8 Å². The van der Waals surface area contributed by atoms with Crippen LogP contribution in [0.1, 0.15) is 65.7 Å². The van der Waals surface area contributed by atoms with Gasteiger partial charge in [0.05, 0.1) is 6.61 Å². The second kappa shape index (κ2) is 7.24. The molecule has 0 radical (unpaired) electrons. The Kier molecular flexibility index (Phi) is 5.88. The van der Waals surface area contributed by atoms with E-state index in [-0.39, 0.29) is 5.54 Å². The van der Waals surface area contributed by atoms with E-state index in [4.69, 9.17) is 0 Å². The SMILES string of the molecule is CCCNC1(CO)CCCC(N2CCCC2C(C)C)C1. The van der Waals surface area contributed by atoms with Crippen LogP contribution in [0.4, 0.5) is 0 Å². The summed E-state index contributed by atoms with van der Waals surface area (Å²) in [6, 6.07) is 1.44. The predicted octanol–water partition coefficient (Wildman–Crippen LogP) is 2.78. The van der Waals surface area contributed by atoms with Gasteiger partial charge in [0.1, 0.15) is 0 Å². The molecule has 0 aromatic carbocycles. The van der Waals surface area contributed by atoms with Crippen LogP contribution < -0.4 is 5.32 Å². The molecule has 2 rings (SSSR count). The fraction of sp³-hybridized carbons (Fsp3) is 1.00. The first-order chi connectivity index (χ1) is 9.62. The fourth-order valence-electron chi connectivity index (χ4n) is 4.35. The molecule has 0 bridgehead atoms. The average molecular weight is 282 g/mol. The lowest BCUT2D eigenvalue weighted by Crippen LogP contribution is -2.57. The van der Waals surface area contributed by atoms with E-state index in [0.29, 0.717) is 12.6 Å². The normalized spacial score (nSPS) is 35.9. The minimum Gasteiger partial charge on any atom is -0.394 e. The summed E-state index contributed by atoms with van der Waals surface area (Å²) in [4.78, 5) is 2.77. The molecule has 3 atom stereocenters. The van der Waals surface area contributed by atoms with Gasteiger partial charge in [-0.1, -0.05) is 20.8 Å². The van der Waals surface area contributed by atoms with E-state index in [2.05, 4.69) is 31.0 Å². The van der Waals surface area contributed by atoms with Crippen molar-refractivity contribution < 1.29 is 5.11 Å². The molecule has 0 amide bonds. The monoisotopic (exact) mass is 282 g/mol. The first-order valence-corrected chi connectivity index (χ1v) is 8.73. The standard InChI is InChI=1S/C17H34N2O/c1-4-10-18-17(13-20)9-5-7-15(12-17)19-11-6-8-16(19)14(2)3/h14-16,18,20H,4-13H2,1-3H3. The Labute approximate surface area is 125 Å². The van der Waals surface area contributed by atoms with Crippen LogP contribution in [0, 0.1) is 5.92 Å². The Hall–Kier alpha value is -0.120. The third-order valence-electron chi connectivity index (χ3n) is 5.45. The van der Waals surface area contributed by atoms with Gasteiger partial charge < -0.3 is 10.4 Å². The maximum absolute atomic E-state index is 9.92. The van der Waals surface area contributed by atoms with Crippen LogP contribution in [0.5, 0.6) is 0 Å². The summed E-state index contributed by atoms with van der Waals surface area (Å²) in [7, 11) is 0. The van der Waals surface area contributed by atoms with Gasteiger partial charge in [-0.2, -0.15) is 0 Å². The van der Waals surface area contributed by atoms with Crippen molar-refractivity contribution in [2.45, 2.75) is 83.3 Å². The maximum atomic E-state index is 9.92. The highest BCUT2D eigenvalue weighted by Gasteiger charge is 2.40. The van der Waals surface area contributed by atoms with E-state index in [9.17, 15) is 5.11 Å². The number of aliphatic hydroxyl groups is 1. The Balaban J connectivity index is 2.01. The Bertz CT molecular complexity index is 295. The Morgan fingerprint density at radius 1 is 1.30 bits per heavy atom. The highest BCUT2D eigenvalue weighted by molar-refractivity contribution is 4.99. The predicted molar refractivity (Wildman–Crippen MR) is 84.9 cm³/mol. The quantitative estimate of drug-likeness (QED) is 0.786. The van der Waals surface area contributed by atoms with Crippen LogP contribution in [0.15, 0.2) is 0 Å². The van der Waals surface area contributed by atoms with Gasteiger partial charge in [-0.3, -0.25) is 4.90 Å². The Morgan fingerprint density at radius 3 is 2.75 bits per heavy atom. The van der Waals surface area contributed by atoms with E-state index >= 15 is 0 Å². The van der Waals surface area contributed by atoms with Crippen molar-refractivity contribution in [3.63, 3.8) is 0 Å². The molecule has 3 nitrogen and oxygen atoms in total. The number of hydrogen-bond donors (Lipinski definition) is 2. The summed E-state index contributed by atoms with van der Waals surface area (Å²) in [5.74, 6) is 0.756. The smallest absolute Gasteiger partial charge is 0.0613 e. The van der Waals surface area contributed by atoms with Gasteiger partial charge in [-0.05, 0) is 64.0 Å². The average Bonchev–Trinajstić information content (AvgIpc) is 2.95. The number of likely N-dealkylation sites (tertiary alicyclic amines) is 1. The zero-order valence-corrected chi connectivity index (χ0v) is 13.7. The molecule has 118 valence electrons. The molecule has 2 aliphatic rings. The molecule has 2 fully saturated rings. The van der Waals surface area contributed by atoms with E-state index in [1.54, 1.807) is 0 Å². The molecule has 3 heteroatoms. The molecule has 1 aliphatic carbocycles.